The Labute approximate surface area is 118 Å². The molecule has 6 heteroatoms. The van der Waals surface area contributed by atoms with Crippen LogP contribution in [-0.4, -0.2) is 37.8 Å². The molecule has 1 atom stereocenters. The molecule has 1 rings (SSSR count). The summed E-state index contributed by atoms with van der Waals surface area (Å²) < 4.78 is 9.97. The maximum Gasteiger partial charge on any atom is 0.336 e. The van der Waals surface area contributed by atoms with Crippen molar-refractivity contribution < 1.29 is 24.2 Å². The molecule has 0 saturated heterocycles. The van der Waals surface area contributed by atoms with E-state index in [1.54, 1.807) is 24.3 Å². The van der Waals surface area contributed by atoms with Crippen LogP contribution in [0.25, 0.3) is 0 Å². The van der Waals surface area contributed by atoms with Crippen LogP contribution in [0.2, 0.25) is 0 Å². The van der Waals surface area contributed by atoms with E-state index in [-0.39, 0.29) is 14.0 Å². The Morgan fingerprint density at radius 1 is 1.25 bits per heavy atom. The van der Waals surface area contributed by atoms with Crippen molar-refractivity contribution in [1.82, 2.24) is 5.32 Å². The molecule has 1 aromatic carbocycles. The Balaban J connectivity index is 0.00000361. The molecule has 2 N–H and O–H groups in total. The van der Waals surface area contributed by atoms with Gasteiger partial charge in [0.05, 0.1) is 13.7 Å². The van der Waals surface area contributed by atoms with Gasteiger partial charge in [-0.05, 0) is 17.7 Å². The van der Waals surface area contributed by atoms with Gasteiger partial charge in [-0.3, -0.25) is 4.79 Å². The smallest absolute Gasteiger partial charge is 0.336 e. The molecule has 0 aliphatic carbocycles. The zero-order chi connectivity index (χ0) is 14.5. The fourth-order valence-corrected chi connectivity index (χ4v) is 1.82. The first-order valence-electron chi connectivity index (χ1n) is 5.62. The van der Waals surface area contributed by atoms with Gasteiger partial charge in [-0.25, -0.2) is 4.79 Å². The van der Waals surface area contributed by atoms with E-state index in [2.05, 4.69) is 5.32 Å². The SMILES string of the molecule is C.COCC(NC(C)=O)(C(=O)O)c1ccc(OC)cc1. The van der Waals surface area contributed by atoms with E-state index in [9.17, 15) is 14.7 Å². The molecule has 0 aliphatic rings. The molecule has 1 unspecified atom stereocenters. The molecule has 0 fully saturated rings. The summed E-state index contributed by atoms with van der Waals surface area (Å²) >= 11 is 0. The molecule has 1 amide bonds. The van der Waals surface area contributed by atoms with Gasteiger partial charge in [-0.1, -0.05) is 19.6 Å². The first-order valence-corrected chi connectivity index (χ1v) is 5.62. The van der Waals surface area contributed by atoms with Crippen LogP contribution in [0.15, 0.2) is 24.3 Å². The third-order valence-corrected chi connectivity index (χ3v) is 2.70. The lowest BCUT2D eigenvalue weighted by molar-refractivity contribution is -0.150. The Bertz CT molecular complexity index is 457. The highest BCUT2D eigenvalue weighted by atomic mass is 16.5. The predicted octanol–water partition coefficient (Wildman–Crippen LogP) is 1.39. The molecule has 0 aromatic heterocycles. The summed E-state index contributed by atoms with van der Waals surface area (Å²) in [5.74, 6) is -1.03. The molecule has 112 valence electrons. The molecule has 0 bridgehead atoms. The maximum atomic E-state index is 11.6. The van der Waals surface area contributed by atoms with E-state index in [0.717, 1.165) is 0 Å². The van der Waals surface area contributed by atoms with Crippen LogP contribution < -0.4 is 10.1 Å². The zero-order valence-corrected chi connectivity index (χ0v) is 11.1. The fraction of sp³-hybridized carbons (Fsp3) is 0.429. The quantitative estimate of drug-likeness (QED) is 0.824. The lowest BCUT2D eigenvalue weighted by Crippen LogP contribution is -2.54. The minimum absolute atomic E-state index is 0. The van der Waals surface area contributed by atoms with E-state index < -0.39 is 17.4 Å². The molecule has 0 spiro atoms. The summed E-state index contributed by atoms with van der Waals surface area (Å²) in [7, 11) is 2.89. The van der Waals surface area contributed by atoms with Crippen LogP contribution >= 0.6 is 0 Å². The van der Waals surface area contributed by atoms with Gasteiger partial charge in [-0.15, -0.1) is 0 Å². The van der Waals surface area contributed by atoms with Gasteiger partial charge < -0.3 is 19.9 Å². The van der Waals surface area contributed by atoms with E-state index >= 15 is 0 Å². The van der Waals surface area contributed by atoms with Gasteiger partial charge in [0.1, 0.15) is 5.75 Å². The van der Waals surface area contributed by atoms with Gasteiger partial charge in [0.2, 0.25) is 5.91 Å². The molecule has 0 aliphatic heterocycles. The molecule has 6 nitrogen and oxygen atoms in total. The van der Waals surface area contributed by atoms with Crippen LogP contribution in [0.3, 0.4) is 0 Å². The highest BCUT2D eigenvalue weighted by Gasteiger charge is 2.41. The maximum absolute atomic E-state index is 11.6. The minimum atomic E-state index is -1.60. The Kier molecular flexibility index (Phi) is 6.72. The standard InChI is InChI=1S/C13H17NO5.CH4/c1-9(15)14-13(8-18-2,12(16)17)10-4-6-11(19-3)7-5-10;/h4-7H,8H2,1-3H3,(H,14,15)(H,16,17);1H4. The van der Waals surface area contributed by atoms with Gasteiger partial charge in [-0.2, -0.15) is 0 Å². The van der Waals surface area contributed by atoms with Crippen LogP contribution in [0.4, 0.5) is 0 Å². The number of ether oxygens (including phenoxy) is 2. The summed E-state index contributed by atoms with van der Waals surface area (Å²) in [6.07, 6.45) is 0. The van der Waals surface area contributed by atoms with Gasteiger partial charge in [0.15, 0.2) is 5.54 Å². The number of carboxylic acids is 1. The number of hydrogen-bond donors (Lipinski definition) is 2. The molecular formula is C14H21NO5. The fourth-order valence-electron chi connectivity index (χ4n) is 1.82. The van der Waals surface area contributed by atoms with Crippen molar-refractivity contribution in [3.05, 3.63) is 29.8 Å². The third-order valence-electron chi connectivity index (χ3n) is 2.70. The van der Waals surface area contributed by atoms with Crippen molar-refractivity contribution in [3.63, 3.8) is 0 Å². The van der Waals surface area contributed by atoms with E-state index in [4.69, 9.17) is 9.47 Å². The van der Waals surface area contributed by atoms with E-state index in [0.29, 0.717) is 11.3 Å². The topological polar surface area (TPSA) is 84.9 Å². The number of methoxy groups -OCH3 is 2. The van der Waals surface area contributed by atoms with Crippen LogP contribution in [0.1, 0.15) is 19.9 Å². The first kappa shape index (κ1) is 17.9. The highest BCUT2D eigenvalue weighted by molar-refractivity contribution is 5.87. The Morgan fingerprint density at radius 2 is 1.80 bits per heavy atom. The molecule has 0 heterocycles. The number of rotatable bonds is 6. The number of carbonyl (C=O) groups excluding carboxylic acids is 1. The summed E-state index contributed by atoms with van der Waals surface area (Å²) in [4.78, 5) is 22.9. The van der Waals surface area contributed by atoms with Crippen molar-refractivity contribution >= 4 is 11.9 Å². The average Bonchev–Trinajstić information content (AvgIpc) is 2.37. The lowest BCUT2D eigenvalue weighted by atomic mass is 9.90. The summed E-state index contributed by atoms with van der Waals surface area (Å²) in [6, 6.07) is 6.43. The van der Waals surface area contributed by atoms with E-state index in [1.165, 1.54) is 21.1 Å². The van der Waals surface area contributed by atoms with E-state index in [1.807, 2.05) is 0 Å². The van der Waals surface area contributed by atoms with Gasteiger partial charge in [0.25, 0.3) is 0 Å². The number of hydrogen-bond acceptors (Lipinski definition) is 4. The summed E-state index contributed by atoms with van der Waals surface area (Å²) in [5, 5.41) is 11.9. The number of aliphatic carboxylic acids is 1. The zero-order valence-electron chi connectivity index (χ0n) is 11.1. The van der Waals surface area contributed by atoms with Crippen LogP contribution in [-0.2, 0) is 19.9 Å². The second-order valence-corrected chi connectivity index (χ2v) is 4.05. The van der Waals surface area contributed by atoms with Crippen molar-refractivity contribution in [2.24, 2.45) is 0 Å². The van der Waals surface area contributed by atoms with Gasteiger partial charge in [0, 0.05) is 14.0 Å². The molecule has 20 heavy (non-hydrogen) atoms. The second-order valence-electron chi connectivity index (χ2n) is 4.05. The van der Waals surface area contributed by atoms with Crippen LogP contribution in [0, 0.1) is 0 Å². The summed E-state index contributed by atoms with van der Waals surface area (Å²) in [6.45, 7) is 1.09. The summed E-state index contributed by atoms with van der Waals surface area (Å²) in [5.41, 5.74) is -1.19. The molecule has 0 saturated carbocycles. The Morgan fingerprint density at radius 3 is 2.15 bits per heavy atom. The highest BCUT2D eigenvalue weighted by Crippen LogP contribution is 2.24. The minimum Gasteiger partial charge on any atom is -0.497 e. The van der Waals surface area contributed by atoms with Crippen molar-refractivity contribution in [2.75, 3.05) is 20.8 Å². The first-order chi connectivity index (χ1) is 8.96. The number of amides is 1. The molecule has 0 radical (unpaired) electrons. The average molecular weight is 283 g/mol. The Hall–Kier alpha value is -2.08. The van der Waals surface area contributed by atoms with Crippen molar-refractivity contribution in [3.8, 4) is 5.75 Å². The number of carbonyl (C=O) groups is 2. The number of nitrogens with one attached hydrogen (secondary N) is 1. The second kappa shape index (κ2) is 7.49. The third kappa shape index (κ3) is 3.71. The van der Waals surface area contributed by atoms with Crippen molar-refractivity contribution in [1.29, 1.82) is 0 Å². The van der Waals surface area contributed by atoms with Gasteiger partial charge >= 0.3 is 5.97 Å². The monoisotopic (exact) mass is 283 g/mol. The normalized spacial score (nSPS) is 12.8. The molecular weight excluding hydrogens is 262 g/mol. The number of benzene rings is 1. The van der Waals surface area contributed by atoms with Crippen molar-refractivity contribution in [2.45, 2.75) is 19.9 Å². The lowest BCUT2D eigenvalue weighted by Gasteiger charge is -2.29. The molecule has 1 aromatic rings. The largest absolute Gasteiger partial charge is 0.497 e. The number of carboxylic acid groups (broad SMARTS) is 1. The predicted molar refractivity (Wildman–Crippen MR) is 74.7 cm³/mol. The van der Waals surface area contributed by atoms with Crippen LogP contribution in [0.5, 0.6) is 5.75 Å².